The second kappa shape index (κ2) is 6.59. The van der Waals surface area contributed by atoms with Crippen molar-refractivity contribution in [3.8, 4) is 6.07 Å². The predicted molar refractivity (Wildman–Crippen MR) is 78.9 cm³/mol. The highest BCUT2D eigenvalue weighted by Gasteiger charge is 2.27. The van der Waals surface area contributed by atoms with Crippen molar-refractivity contribution in [2.75, 3.05) is 31.3 Å². The van der Waals surface area contributed by atoms with Crippen molar-refractivity contribution in [3.05, 3.63) is 10.4 Å². The molecule has 1 amide bonds. The smallest absolute Gasteiger partial charge is 0.263 e. The summed E-state index contributed by atoms with van der Waals surface area (Å²) in [5, 5.41) is 15.9. The van der Waals surface area contributed by atoms with Gasteiger partial charge in [0.15, 0.2) is 0 Å². The third kappa shape index (κ3) is 3.40. The number of nitriles is 1. The second-order valence-electron chi connectivity index (χ2n) is 4.68. The zero-order valence-electron chi connectivity index (χ0n) is 11.4. The van der Waals surface area contributed by atoms with Crippen LogP contribution in [0.15, 0.2) is 0 Å². The minimum atomic E-state index is -0.184. The summed E-state index contributed by atoms with van der Waals surface area (Å²) in [6.45, 7) is 1.32. The first-order chi connectivity index (χ1) is 9.67. The zero-order valence-corrected chi connectivity index (χ0v) is 12.2. The van der Waals surface area contributed by atoms with E-state index in [0.29, 0.717) is 28.6 Å². The standard InChI is InChI=1S/C13H18N4O2S/c1-19-6-2-5-16-13-9(7-14)10(15)11(20-13)12(18)17-8-3-4-8/h8,16H,2-6,15H2,1H3,(H,17,18). The number of amides is 1. The van der Waals surface area contributed by atoms with E-state index in [-0.39, 0.29) is 17.6 Å². The number of rotatable bonds is 7. The summed E-state index contributed by atoms with van der Waals surface area (Å²) in [6, 6.07) is 2.33. The average molecular weight is 294 g/mol. The molecule has 1 fully saturated rings. The van der Waals surface area contributed by atoms with E-state index in [1.54, 1.807) is 7.11 Å². The maximum atomic E-state index is 12.0. The van der Waals surface area contributed by atoms with Crippen LogP contribution >= 0.6 is 11.3 Å². The molecule has 7 heteroatoms. The van der Waals surface area contributed by atoms with E-state index in [1.807, 2.05) is 0 Å². The Bertz CT molecular complexity index is 531. The molecule has 1 aromatic heterocycles. The van der Waals surface area contributed by atoms with Crippen molar-refractivity contribution in [2.24, 2.45) is 0 Å². The van der Waals surface area contributed by atoms with Gasteiger partial charge >= 0.3 is 0 Å². The van der Waals surface area contributed by atoms with E-state index in [9.17, 15) is 10.1 Å². The van der Waals surface area contributed by atoms with Gasteiger partial charge in [-0.15, -0.1) is 11.3 Å². The Morgan fingerprint density at radius 1 is 1.60 bits per heavy atom. The number of carbonyl (C=O) groups is 1. The van der Waals surface area contributed by atoms with Crippen LogP contribution in [0.3, 0.4) is 0 Å². The Morgan fingerprint density at radius 3 is 2.95 bits per heavy atom. The first kappa shape index (κ1) is 14.6. The third-order valence-electron chi connectivity index (χ3n) is 2.99. The third-order valence-corrected chi connectivity index (χ3v) is 4.15. The van der Waals surface area contributed by atoms with Gasteiger partial charge in [-0.3, -0.25) is 4.79 Å². The Hall–Kier alpha value is -1.78. The minimum absolute atomic E-state index is 0.184. The number of methoxy groups -OCH3 is 1. The molecule has 108 valence electrons. The van der Waals surface area contributed by atoms with Crippen molar-refractivity contribution in [1.82, 2.24) is 5.32 Å². The van der Waals surface area contributed by atoms with Crippen LogP contribution in [-0.2, 0) is 4.74 Å². The van der Waals surface area contributed by atoms with Crippen LogP contribution in [0.1, 0.15) is 34.5 Å². The monoisotopic (exact) mass is 294 g/mol. The lowest BCUT2D eigenvalue weighted by Gasteiger charge is -2.03. The van der Waals surface area contributed by atoms with Gasteiger partial charge in [0.05, 0.1) is 5.69 Å². The van der Waals surface area contributed by atoms with Gasteiger partial charge in [-0.1, -0.05) is 0 Å². The summed E-state index contributed by atoms with van der Waals surface area (Å²) in [5.74, 6) is -0.184. The van der Waals surface area contributed by atoms with Gasteiger partial charge in [0.1, 0.15) is 21.5 Å². The number of nitrogens with one attached hydrogen (secondary N) is 2. The SMILES string of the molecule is COCCCNc1sc(C(=O)NC2CC2)c(N)c1C#N. The minimum Gasteiger partial charge on any atom is -0.396 e. The lowest BCUT2D eigenvalue weighted by molar-refractivity contribution is 0.0956. The van der Waals surface area contributed by atoms with Crippen molar-refractivity contribution >= 4 is 27.9 Å². The van der Waals surface area contributed by atoms with Crippen LogP contribution < -0.4 is 16.4 Å². The van der Waals surface area contributed by atoms with E-state index in [1.165, 1.54) is 11.3 Å². The first-order valence-corrected chi connectivity index (χ1v) is 7.35. The molecule has 0 aliphatic heterocycles. The van der Waals surface area contributed by atoms with Crippen molar-refractivity contribution in [3.63, 3.8) is 0 Å². The fourth-order valence-corrected chi connectivity index (χ4v) is 2.74. The number of nitrogens with zero attached hydrogens (tertiary/aromatic N) is 1. The molecule has 0 atom stereocenters. The number of hydrogen-bond acceptors (Lipinski definition) is 6. The highest BCUT2D eigenvalue weighted by atomic mass is 32.1. The molecule has 1 aliphatic rings. The number of nitrogen functional groups attached to an aromatic ring is 1. The maximum Gasteiger partial charge on any atom is 0.263 e. The molecule has 0 radical (unpaired) electrons. The largest absolute Gasteiger partial charge is 0.396 e. The van der Waals surface area contributed by atoms with Crippen molar-refractivity contribution < 1.29 is 9.53 Å². The molecule has 0 saturated heterocycles. The molecule has 1 aliphatic carbocycles. The summed E-state index contributed by atoms with van der Waals surface area (Å²) < 4.78 is 4.96. The summed E-state index contributed by atoms with van der Waals surface area (Å²) in [7, 11) is 1.64. The molecule has 0 bridgehead atoms. The predicted octanol–water partition coefficient (Wildman–Crippen LogP) is 1.54. The Kier molecular flexibility index (Phi) is 4.82. The lowest BCUT2D eigenvalue weighted by Crippen LogP contribution is -2.25. The van der Waals surface area contributed by atoms with Gasteiger partial charge in [-0.2, -0.15) is 5.26 Å². The summed E-state index contributed by atoms with van der Waals surface area (Å²) in [5.41, 5.74) is 6.53. The van der Waals surface area contributed by atoms with Gasteiger partial charge in [0.25, 0.3) is 5.91 Å². The molecule has 1 aromatic rings. The molecule has 6 nitrogen and oxygen atoms in total. The van der Waals surface area contributed by atoms with Crippen LogP contribution in [0.5, 0.6) is 0 Å². The Morgan fingerprint density at radius 2 is 2.35 bits per heavy atom. The van der Waals surface area contributed by atoms with Gasteiger partial charge in [-0.05, 0) is 19.3 Å². The maximum absolute atomic E-state index is 12.0. The van der Waals surface area contributed by atoms with Gasteiger partial charge < -0.3 is 21.1 Å². The van der Waals surface area contributed by atoms with E-state index in [2.05, 4.69) is 16.7 Å². The molecule has 1 saturated carbocycles. The van der Waals surface area contributed by atoms with Gasteiger partial charge in [0.2, 0.25) is 0 Å². The van der Waals surface area contributed by atoms with Crippen LogP contribution in [0.25, 0.3) is 0 Å². The van der Waals surface area contributed by atoms with Gasteiger partial charge in [0, 0.05) is 26.3 Å². The highest BCUT2D eigenvalue weighted by Crippen LogP contribution is 2.35. The van der Waals surface area contributed by atoms with Crippen molar-refractivity contribution in [1.29, 1.82) is 5.26 Å². The van der Waals surface area contributed by atoms with E-state index in [0.717, 1.165) is 19.3 Å². The Labute approximate surface area is 121 Å². The molecule has 2 rings (SSSR count). The number of carbonyl (C=O) groups excluding carboxylic acids is 1. The van der Waals surface area contributed by atoms with E-state index >= 15 is 0 Å². The molecular formula is C13H18N4O2S. The zero-order chi connectivity index (χ0) is 14.5. The number of anilines is 2. The van der Waals surface area contributed by atoms with Crippen LogP contribution in [-0.4, -0.2) is 32.2 Å². The molecule has 0 spiro atoms. The number of thiophene rings is 1. The topological polar surface area (TPSA) is 100 Å². The van der Waals surface area contributed by atoms with Crippen LogP contribution in [0, 0.1) is 11.3 Å². The van der Waals surface area contributed by atoms with Gasteiger partial charge in [-0.25, -0.2) is 0 Å². The molecule has 20 heavy (non-hydrogen) atoms. The lowest BCUT2D eigenvalue weighted by atomic mass is 10.2. The fourth-order valence-electron chi connectivity index (χ4n) is 1.75. The molecule has 0 aromatic carbocycles. The Balaban J connectivity index is 2.07. The van der Waals surface area contributed by atoms with Crippen LogP contribution in [0.2, 0.25) is 0 Å². The normalized spacial score (nSPS) is 13.8. The highest BCUT2D eigenvalue weighted by molar-refractivity contribution is 7.18. The second-order valence-corrected chi connectivity index (χ2v) is 5.70. The number of ether oxygens (including phenoxy) is 1. The van der Waals surface area contributed by atoms with Crippen molar-refractivity contribution in [2.45, 2.75) is 25.3 Å². The first-order valence-electron chi connectivity index (χ1n) is 6.53. The quantitative estimate of drug-likeness (QED) is 0.662. The number of nitrogens with two attached hydrogens (primary N) is 1. The molecule has 1 heterocycles. The summed E-state index contributed by atoms with van der Waals surface area (Å²) in [6.07, 6.45) is 2.86. The fraction of sp³-hybridized carbons (Fsp3) is 0.538. The molecule has 0 unspecified atom stereocenters. The summed E-state index contributed by atoms with van der Waals surface area (Å²) >= 11 is 1.24. The molecular weight excluding hydrogens is 276 g/mol. The average Bonchev–Trinajstić information content (AvgIpc) is 3.18. The summed E-state index contributed by atoms with van der Waals surface area (Å²) in [4.78, 5) is 12.5. The van der Waals surface area contributed by atoms with E-state index in [4.69, 9.17) is 10.5 Å². The molecule has 4 N–H and O–H groups in total. The van der Waals surface area contributed by atoms with Crippen LogP contribution in [0.4, 0.5) is 10.7 Å². The number of hydrogen-bond donors (Lipinski definition) is 3. The van der Waals surface area contributed by atoms with E-state index < -0.39 is 0 Å².